The number of benzene rings is 3. The summed E-state index contributed by atoms with van der Waals surface area (Å²) >= 11 is 0. The Morgan fingerprint density at radius 1 is 0.800 bits per heavy atom. The molecule has 0 aliphatic heterocycles. The second-order valence-electron chi connectivity index (χ2n) is 13.0. The highest BCUT2D eigenvalue weighted by molar-refractivity contribution is 5.44. The van der Waals surface area contributed by atoms with Crippen LogP contribution in [0.25, 0.3) is 0 Å². The molecular formula is C39H51FN4O. The fraction of sp³-hybridized carbons (Fsp3) is 0.462. The molecule has 45 heavy (non-hydrogen) atoms. The van der Waals surface area contributed by atoms with Gasteiger partial charge in [0.05, 0.1) is 6.04 Å². The molecule has 0 spiro atoms. The van der Waals surface area contributed by atoms with Crippen LogP contribution in [0, 0.1) is 17.7 Å². The second-order valence-corrected chi connectivity index (χ2v) is 13.0. The summed E-state index contributed by atoms with van der Waals surface area (Å²) in [5, 5.41) is 0. The summed E-state index contributed by atoms with van der Waals surface area (Å²) in [6.07, 6.45) is 6.51. The molecule has 1 saturated carbocycles. The third-order valence-corrected chi connectivity index (χ3v) is 9.72. The molecule has 0 radical (unpaired) electrons. The Morgan fingerprint density at radius 2 is 1.40 bits per heavy atom. The number of hydrogen-bond donors (Lipinski definition) is 0. The number of aromatic nitrogens is 1. The lowest BCUT2D eigenvalue weighted by Gasteiger charge is -2.39. The topological polar surface area (TPSA) is 35.8 Å². The minimum Gasteiger partial charge on any atom is -0.423 e. The number of oxazole rings is 1. The van der Waals surface area contributed by atoms with Crippen LogP contribution in [0.4, 0.5) is 10.3 Å². The van der Waals surface area contributed by atoms with Gasteiger partial charge in [-0.3, -0.25) is 4.90 Å². The van der Waals surface area contributed by atoms with Gasteiger partial charge in [0.15, 0.2) is 0 Å². The van der Waals surface area contributed by atoms with Crippen molar-refractivity contribution in [3.05, 3.63) is 119 Å². The highest BCUT2D eigenvalue weighted by atomic mass is 19.1. The van der Waals surface area contributed by atoms with Gasteiger partial charge >= 0.3 is 0 Å². The predicted octanol–water partition coefficient (Wildman–Crippen LogP) is 8.92. The van der Waals surface area contributed by atoms with E-state index < -0.39 is 0 Å². The minimum atomic E-state index is -0.171. The van der Waals surface area contributed by atoms with E-state index in [1.165, 1.54) is 42.4 Å². The van der Waals surface area contributed by atoms with Crippen molar-refractivity contribution in [2.24, 2.45) is 11.8 Å². The monoisotopic (exact) mass is 610 g/mol. The van der Waals surface area contributed by atoms with Gasteiger partial charge in [-0.15, -0.1) is 0 Å². The summed E-state index contributed by atoms with van der Waals surface area (Å²) in [4.78, 5) is 12.3. The van der Waals surface area contributed by atoms with Crippen LogP contribution >= 0.6 is 0 Å². The van der Waals surface area contributed by atoms with Gasteiger partial charge in [-0.1, -0.05) is 99.5 Å². The lowest BCUT2D eigenvalue weighted by molar-refractivity contribution is 0.112. The Labute approximate surface area is 270 Å². The average Bonchev–Trinajstić information content (AvgIpc) is 3.47. The van der Waals surface area contributed by atoms with Crippen molar-refractivity contribution in [2.45, 2.75) is 71.0 Å². The van der Waals surface area contributed by atoms with Crippen molar-refractivity contribution in [3.8, 4) is 0 Å². The van der Waals surface area contributed by atoms with Gasteiger partial charge in [0.2, 0.25) is 11.8 Å². The van der Waals surface area contributed by atoms with Crippen LogP contribution in [0.2, 0.25) is 0 Å². The molecule has 0 N–H and O–H groups in total. The normalized spacial score (nSPS) is 18.3. The maximum atomic E-state index is 13.7. The standard InChI is InChI=1S/C39H51FN4O/c1-6-44(7-2)36(27-30-18-20-32(21-19-30)37(42(3)4)33-22-24-34(40)25-23-33)38-41-35(26-29-14-10-8-11-15-29)39(45-38)43(5)28-31-16-12-9-13-17-31/h8-17,22-25,30,32,36-37H,6-7,18-21,26-28H2,1-5H3. The van der Waals surface area contributed by atoms with Crippen LogP contribution in [0.15, 0.2) is 89.3 Å². The molecule has 4 aromatic rings. The largest absolute Gasteiger partial charge is 0.423 e. The zero-order chi connectivity index (χ0) is 31.8. The first kappa shape index (κ1) is 32.9. The smallest absolute Gasteiger partial charge is 0.220 e. The Kier molecular flexibility index (Phi) is 11.5. The summed E-state index contributed by atoms with van der Waals surface area (Å²) < 4.78 is 20.5. The quantitative estimate of drug-likeness (QED) is 0.142. The molecule has 6 heteroatoms. The third-order valence-electron chi connectivity index (χ3n) is 9.72. The Morgan fingerprint density at radius 3 is 1.98 bits per heavy atom. The summed E-state index contributed by atoms with van der Waals surface area (Å²) in [6, 6.07) is 28.7. The Balaban J connectivity index is 1.36. The SMILES string of the molecule is CCN(CC)C(CC1CCC(C(c2ccc(F)cc2)N(C)C)CC1)c1nc(Cc2ccccc2)c(N(C)Cc2ccccc2)o1. The van der Waals surface area contributed by atoms with Gasteiger partial charge in [0.1, 0.15) is 11.5 Å². The van der Waals surface area contributed by atoms with Crippen molar-refractivity contribution in [1.29, 1.82) is 0 Å². The van der Waals surface area contributed by atoms with E-state index in [1.807, 2.05) is 12.1 Å². The molecular weight excluding hydrogens is 559 g/mol. The zero-order valence-electron chi connectivity index (χ0n) is 27.8. The molecule has 0 saturated heterocycles. The van der Waals surface area contributed by atoms with E-state index in [0.717, 1.165) is 49.9 Å². The lowest BCUT2D eigenvalue weighted by atomic mass is 9.74. The second kappa shape index (κ2) is 15.7. The average molecular weight is 611 g/mol. The molecule has 1 heterocycles. The number of rotatable bonds is 14. The first-order valence-corrected chi connectivity index (χ1v) is 16.8. The summed E-state index contributed by atoms with van der Waals surface area (Å²) in [5.41, 5.74) is 4.70. The van der Waals surface area contributed by atoms with Gasteiger partial charge < -0.3 is 14.2 Å². The molecule has 240 valence electrons. The fourth-order valence-corrected chi connectivity index (χ4v) is 7.41. The van der Waals surface area contributed by atoms with E-state index in [-0.39, 0.29) is 11.9 Å². The molecule has 0 amide bonds. The first-order chi connectivity index (χ1) is 21.9. The molecule has 1 aliphatic carbocycles. The highest BCUT2D eigenvalue weighted by Gasteiger charge is 2.34. The van der Waals surface area contributed by atoms with Gasteiger partial charge in [0.25, 0.3) is 0 Å². The molecule has 1 aromatic heterocycles. The van der Waals surface area contributed by atoms with Crippen LogP contribution in [0.1, 0.15) is 86.3 Å². The Hall–Kier alpha value is -3.48. The van der Waals surface area contributed by atoms with Gasteiger partial charge in [-0.05, 0) is 87.1 Å². The molecule has 5 nitrogen and oxygen atoms in total. The van der Waals surface area contributed by atoms with E-state index in [2.05, 4.69) is 110 Å². The molecule has 5 rings (SSSR count). The summed E-state index contributed by atoms with van der Waals surface area (Å²) in [7, 11) is 6.42. The highest BCUT2D eigenvalue weighted by Crippen LogP contribution is 2.43. The molecule has 1 fully saturated rings. The molecule has 1 aliphatic rings. The summed E-state index contributed by atoms with van der Waals surface area (Å²) in [6.45, 7) is 7.16. The Bertz CT molecular complexity index is 1430. The van der Waals surface area contributed by atoms with E-state index in [1.54, 1.807) is 12.1 Å². The molecule has 0 bridgehead atoms. The van der Waals surface area contributed by atoms with Crippen LogP contribution in [-0.2, 0) is 13.0 Å². The summed E-state index contributed by atoms with van der Waals surface area (Å²) in [5.74, 6) is 2.71. The van der Waals surface area contributed by atoms with E-state index in [0.29, 0.717) is 17.9 Å². The maximum Gasteiger partial charge on any atom is 0.220 e. The van der Waals surface area contributed by atoms with Crippen molar-refractivity contribution in [1.82, 2.24) is 14.8 Å². The van der Waals surface area contributed by atoms with Crippen LogP contribution in [0.5, 0.6) is 0 Å². The lowest BCUT2D eigenvalue weighted by Crippen LogP contribution is -2.33. The van der Waals surface area contributed by atoms with Crippen molar-refractivity contribution in [3.63, 3.8) is 0 Å². The number of nitrogens with zero attached hydrogens (tertiary/aromatic N) is 4. The molecule has 2 unspecified atom stereocenters. The van der Waals surface area contributed by atoms with E-state index in [9.17, 15) is 4.39 Å². The predicted molar refractivity (Wildman–Crippen MR) is 183 cm³/mol. The number of anilines is 1. The van der Waals surface area contributed by atoms with Crippen LogP contribution < -0.4 is 4.90 Å². The molecule has 3 aromatic carbocycles. The van der Waals surface area contributed by atoms with Crippen molar-refractivity contribution < 1.29 is 8.81 Å². The number of hydrogen-bond acceptors (Lipinski definition) is 5. The third kappa shape index (κ3) is 8.42. The fourth-order valence-electron chi connectivity index (χ4n) is 7.41. The van der Waals surface area contributed by atoms with Gasteiger partial charge in [-0.2, -0.15) is 0 Å². The van der Waals surface area contributed by atoms with E-state index in [4.69, 9.17) is 9.40 Å². The van der Waals surface area contributed by atoms with E-state index >= 15 is 0 Å². The molecule has 2 atom stereocenters. The minimum absolute atomic E-state index is 0.136. The van der Waals surface area contributed by atoms with Crippen LogP contribution in [-0.4, -0.2) is 49.0 Å². The van der Waals surface area contributed by atoms with Crippen LogP contribution in [0.3, 0.4) is 0 Å². The van der Waals surface area contributed by atoms with Gasteiger partial charge in [0, 0.05) is 26.1 Å². The first-order valence-electron chi connectivity index (χ1n) is 16.8. The maximum absolute atomic E-state index is 13.7. The number of halogens is 1. The van der Waals surface area contributed by atoms with Crippen molar-refractivity contribution >= 4 is 5.88 Å². The van der Waals surface area contributed by atoms with Gasteiger partial charge in [-0.25, -0.2) is 9.37 Å². The zero-order valence-corrected chi connectivity index (χ0v) is 27.8. The van der Waals surface area contributed by atoms with Crippen molar-refractivity contribution in [2.75, 3.05) is 39.1 Å².